The third-order valence-corrected chi connectivity index (χ3v) is 8.70. The van der Waals surface area contributed by atoms with E-state index >= 15 is 0 Å². The number of amides is 2. The largest absolute Gasteiger partial charge is 0.497 e. The Morgan fingerprint density at radius 3 is 2.07 bits per heavy atom. The number of anilines is 1. The maximum absolute atomic E-state index is 14.4. The minimum Gasteiger partial charge on any atom is -0.497 e. The van der Waals surface area contributed by atoms with Gasteiger partial charge in [0.1, 0.15) is 24.2 Å². The second-order valence-electron chi connectivity index (χ2n) is 10.5. The molecule has 0 saturated carbocycles. The average molecular weight is 618 g/mol. The van der Waals surface area contributed by atoms with Gasteiger partial charge in [0.25, 0.3) is 10.0 Å². The van der Waals surface area contributed by atoms with E-state index in [0.717, 1.165) is 22.0 Å². The van der Waals surface area contributed by atoms with Crippen LogP contribution in [0.5, 0.6) is 5.75 Å². The lowest BCUT2D eigenvalue weighted by Crippen LogP contribution is -2.54. The van der Waals surface area contributed by atoms with Gasteiger partial charge in [0.15, 0.2) is 0 Å². The highest BCUT2D eigenvalue weighted by Gasteiger charge is 2.34. The molecule has 0 fully saturated rings. The molecule has 8 nitrogen and oxygen atoms in total. The monoisotopic (exact) mass is 617 g/mol. The molecule has 0 heterocycles. The summed E-state index contributed by atoms with van der Waals surface area (Å²) in [5.74, 6) is -0.971. The first-order chi connectivity index (χ1) is 21.1. The van der Waals surface area contributed by atoms with Gasteiger partial charge < -0.3 is 15.0 Å². The number of halogens is 1. The van der Waals surface area contributed by atoms with Crippen LogP contribution in [0.25, 0.3) is 0 Å². The van der Waals surface area contributed by atoms with Gasteiger partial charge in [-0.3, -0.25) is 13.9 Å². The zero-order chi connectivity index (χ0) is 31.7. The summed E-state index contributed by atoms with van der Waals surface area (Å²) in [6.45, 7) is 3.03. The van der Waals surface area contributed by atoms with Crippen LogP contribution >= 0.6 is 0 Å². The Hall–Kier alpha value is -4.70. The van der Waals surface area contributed by atoms with Gasteiger partial charge >= 0.3 is 0 Å². The number of benzene rings is 4. The fourth-order valence-corrected chi connectivity index (χ4v) is 6.19. The molecule has 0 bridgehead atoms. The van der Waals surface area contributed by atoms with E-state index in [2.05, 4.69) is 5.32 Å². The van der Waals surface area contributed by atoms with Crippen molar-refractivity contribution in [1.29, 1.82) is 0 Å². The van der Waals surface area contributed by atoms with Crippen molar-refractivity contribution in [1.82, 2.24) is 10.2 Å². The number of hydrogen-bond donors (Lipinski definition) is 1. The van der Waals surface area contributed by atoms with E-state index in [1.807, 2.05) is 44.2 Å². The van der Waals surface area contributed by atoms with E-state index in [4.69, 9.17) is 4.74 Å². The Labute approximate surface area is 258 Å². The van der Waals surface area contributed by atoms with Gasteiger partial charge in [0, 0.05) is 19.0 Å². The molecule has 0 aliphatic rings. The third kappa shape index (κ3) is 8.23. The van der Waals surface area contributed by atoms with Crippen molar-refractivity contribution >= 4 is 27.5 Å². The van der Waals surface area contributed by atoms with Crippen LogP contribution in [0.4, 0.5) is 10.1 Å². The molecule has 0 spiro atoms. The van der Waals surface area contributed by atoms with Crippen molar-refractivity contribution in [3.63, 3.8) is 0 Å². The summed E-state index contributed by atoms with van der Waals surface area (Å²) in [7, 11) is -2.73. The molecule has 4 aromatic rings. The molecule has 0 saturated heterocycles. The summed E-state index contributed by atoms with van der Waals surface area (Å²) in [5.41, 5.74) is 1.62. The highest BCUT2D eigenvalue weighted by molar-refractivity contribution is 7.92. The number of nitrogens with one attached hydrogen (secondary N) is 1. The van der Waals surface area contributed by atoms with E-state index in [0.29, 0.717) is 11.3 Å². The molecule has 0 radical (unpaired) electrons. The van der Waals surface area contributed by atoms with Crippen LogP contribution in [0.15, 0.2) is 114 Å². The smallest absolute Gasteiger partial charge is 0.264 e. The van der Waals surface area contributed by atoms with Crippen LogP contribution in [0, 0.1) is 5.82 Å². The quantitative estimate of drug-likeness (QED) is 0.223. The molecule has 4 rings (SSSR count). The molecule has 230 valence electrons. The number of hydrogen-bond acceptors (Lipinski definition) is 5. The van der Waals surface area contributed by atoms with Crippen molar-refractivity contribution in [2.75, 3.05) is 18.0 Å². The first kappa shape index (κ1) is 32.2. The predicted octanol–water partition coefficient (Wildman–Crippen LogP) is 5.19. The topological polar surface area (TPSA) is 96.0 Å². The zero-order valence-electron chi connectivity index (χ0n) is 24.9. The summed E-state index contributed by atoms with van der Waals surface area (Å²) in [5, 5.41) is 2.92. The fraction of sp³-hybridized carbons (Fsp3) is 0.235. The second-order valence-corrected chi connectivity index (χ2v) is 12.4. The van der Waals surface area contributed by atoms with Crippen LogP contribution in [0.1, 0.15) is 25.0 Å². The molecule has 44 heavy (non-hydrogen) atoms. The SMILES string of the molecule is COc1cccc(CN(C(=O)CN(c2ccc(F)cc2)S(=O)(=O)c2ccccc2)C(Cc2ccccc2)C(=O)NC(C)C)c1. The maximum atomic E-state index is 14.4. The number of carbonyl (C=O) groups excluding carboxylic acids is 2. The Morgan fingerprint density at radius 2 is 1.45 bits per heavy atom. The standard InChI is InChI=1S/C34H36FN3O5S/c1-25(2)36-34(40)32(22-26-11-6-4-7-12-26)37(23-27-13-10-14-30(21-27)43-3)33(39)24-38(29-19-17-28(35)18-20-29)44(41,42)31-15-8-5-9-16-31/h4-21,25,32H,22-24H2,1-3H3,(H,36,40). The number of carbonyl (C=O) groups is 2. The van der Waals surface area contributed by atoms with Gasteiger partial charge in [-0.2, -0.15) is 0 Å². The first-order valence-electron chi connectivity index (χ1n) is 14.2. The molecule has 0 aliphatic carbocycles. The highest BCUT2D eigenvalue weighted by Crippen LogP contribution is 2.26. The Bertz CT molecular complexity index is 1650. The highest BCUT2D eigenvalue weighted by atomic mass is 32.2. The summed E-state index contributed by atoms with van der Waals surface area (Å²) < 4.78 is 48.0. The minimum absolute atomic E-state index is 0.00168. The lowest BCUT2D eigenvalue weighted by molar-refractivity contribution is -0.140. The van der Waals surface area contributed by atoms with Gasteiger partial charge in [-0.05, 0) is 73.5 Å². The Morgan fingerprint density at radius 1 is 0.841 bits per heavy atom. The van der Waals surface area contributed by atoms with Crippen LogP contribution in [-0.2, 0) is 32.6 Å². The van der Waals surface area contributed by atoms with Crippen molar-refractivity contribution in [2.45, 2.75) is 43.8 Å². The van der Waals surface area contributed by atoms with Gasteiger partial charge in [-0.25, -0.2) is 12.8 Å². The first-order valence-corrected chi connectivity index (χ1v) is 15.6. The number of nitrogens with zero attached hydrogens (tertiary/aromatic N) is 2. The summed E-state index contributed by atoms with van der Waals surface area (Å²) in [4.78, 5) is 29.5. The van der Waals surface area contributed by atoms with Gasteiger partial charge in [-0.15, -0.1) is 0 Å². The molecule has 1 unspecified atom stereocenters. The van der Waals surface area contributed by atoms with Gasteiger partial charge in [0.05, 0.1) is 17.7 Å². The molecule has 10 heteroatoms. The second kappa shape index (κ2) is 14.7. The van der Waals surface area contributed by atoms with Crippen LogP contribution in [0.3, 0.4) is 0 Å². The number of rotatable bonds is 13. The Balaban J connectivity index is 1.80. The molecule has 0 aliphatic heterocycles. The average Bonchev–Trinajstić information content (AvgIpc) is 3.02. The molecule has 2 amide bonds. The predicted molar refractivity (Wildman–Crippen MR) is 168 cm³/mol. The fourth-order valence-electron chi connectivity index (χ4n) is 4.76. The van der Waals surface area contributed by atoms with E-state index < -0.39 is 34.3 Å². The van der Waals surface area contributed by atoms with Crippen LogP contribution in [-0.4, -0.2) is 50.9 Å². The van der Waals surface area contributed by atoms with Crippen LogP contribution < -0.4 is 14.4 Å². The maximum Gasteiger partial charge on any atom is 0.264 e. The molecule has 0 aromatic heterocycles. The molecule has 1 N–H and O–H groups in total. The lowest BCUT2D eigenvalue weighted by atomic mass is 10.0. The van der Waals surface area contributed by atoms with Crippen molar-refractivity contribution in [3.05, 3.63) is 126 Å². The third-order valence-electron chi connectivity index (χ3n) is 6.91. The van der Waals surface area contributed by atoms with Crippen molar-refractivity contribution < 1.29 is 27.1 Å². The molecule has 1 atom stereocenters. The molecule has 4 aromatic carbocycles. The van der Waals surface area contributed by atoms with Gasteiger partial charge in [0.2, 0.25) is 11.8 Å². The van der Waals surface area contributed by atoms with E-state index in [-0.39, 0.29) is 35.5 Å². The lowest BCUT2D eigenvalue weighted by Gasteiger charge is -2.34. The van der Waals surface area contributed by atoms with Gasteiger partial charge in [-0.1, -0.05) is 60.7 Å². The molecular weight excluding hydrogens is 581 g/mol. The van der Waals surface area contributed by atoms with Crippen molar-refractivity contribution in [3.8, 4) is 5.75 Å². The minimum atomic E-state index is -4.26. The summed E-state index contributed by atoms with van der Waals surface area (Å²) in [6.07, 6.45) is 0.192. The Kier molecular flexibility index (Phi) is 10.7. The van der Waals surface area contributed by atoms with E-state index in [9.17, 15) is 22.4 Å². The number of ether oxygens (including phenoxy) is 1. The summed E-state index contributed by atoms with van der Waals surface area (Å²) >= 11 is 0. The number of sulfonamides is 1. The van der Waals surface area contributed by atoms with Crippen LogP contribution in [0.2, 0.25) is 0 Å². The number of methoxy groups -OCH3 is 1. The summed E-state index contributed by atoms with van der Waals surface area (Å²) in [6, 6.07) is 27.8. The zero-order valence-corrected chi connectivity index (χ0v) is 25.7. The normalized spacial score (nSPS) is 11.9. The van der Waals surface area contributed by atoms with E-state index in [1.54, 1.807) is 42.5 Å². The molecular formula is C34H36FN3O5S. The van der Waals surface area contributed by atoms with E-state index in [1.165, 1.54) is 36.3 Å². The van der Waals surface area contributed by atoms with Crippen molar-refractivity contribution in [2.24, 2.45) is 0 Å².